The molecule has 0 bridgehead atoms. The van der Waals surface area contributed by atoms with Crippen molar-refractivity contribution < 1.29 is 4.42 Å². The average molecular weight is 471 g/mol. The molecule has 0 atom stereocenters. The highest BCUT2D eigenvalue weighted by atomic mass is 16.3. The van der Waals surface area contributed by atoms with E-state index >= 15 is 0 Å². The van der Waals surface area contributed by atoms with Gasteiger partial charge in [0, 0.05) is 16.2 Å². The Balaban J connectivity index is 1.29. The normalized spacial score (nSPS) is 11.8. The molecular formula is C36H22O. The molecule has 8 rings (SSSR count). The van der Waals surface area contributed by atoms with Gasteiger partial charge in [0.25, 0.3) is 0 Å². The maximum Gasteiger partial charge on any atom is 0.143 e. The van der Waals surface area contributed by atoms with Crippen LogP contribution in [-0.2, 0) is 0 Å². The lowest BCUT2D eigenvalue weighted by Gasteiger charge is -2.11. The van der Waals surface area contributed by atoms with Gasteiger partial charge in [-0.2, -0.15) is 0 Å². The van der Waals surface area contributed by atoms with Crippen LogP contribution in [0.15, 0.2) is 138 Å². The molecule has 1 heterocycles. The van der Waals surface area contributed by atoms with Gasteiger partial charge in [0.2, 0.25) is 0 Å². The van der Waals surface area contributed by atoms with Gasteiger partial charge in [-0.05, 0) is 67.4 Å². The molecule has 0 amide bonds. The molecule has 0 aliphatic rings. The number of rotatable bonds is 2. The summed E-state index contributed by atoms with van der Waals surface area (Å²) in [6, 6.07) is 47.9. The highest BCUT2D eigenvalue weighted by Gasteiger charge is 2.14. The van der Waals surface area contributed by atoms with E-state index < -0.39 is 0 Å². The molecule has 37 heavy (non-hydrogen) atoms. The molecule has 8 aromatic rings. The maximum absolute atomic E-state index is 6.30. The van der Waals surface area contributed by atoms with Crippen molar-refractivity contribution in [3.05, 3.63) is 133 Å². The first kappa shape index (κ1) is 20.3. The van der Waals surface area contributed by atoms with Crippen LogP contribution in [0.5, 0.6) is 0 Å². The Morgan fingerprint density at radius 1 is 0.351 bits per heavy atom. The number of furan rings is 1. The Labute approximate surface area is 214 Å². The van der Waals surface area contributed by atoms with Crippen molar-refractivity contribution >= 4 is 54.3 Å². The lowest BCUT2D eigenvalue weighted by Crippen LogP contribution is -1.85. The fourth-order valence-electron chi connectivity index (χ4n) is 5.81. The van der Waals surface area contributed by atoms with Gasteiger partial charge in [-0.1, -0.05) is 115 Å². The summed E-state index contributed by atoms with van der Waals surface area (Å²) in [5.74, 6) is 0. The maximum atomic E-state index is 6.30. The third kappa shape index (κ3) is 3.11. The van der Waals surface area contributed by atoms with Gasteiger partial charge in [0.1, 0.15) is 11.2 Å². The second-order valence-electron chi connectivity index (χ2n) is 9.74. The van der Waals surface area contributed by atoms with Crippen LogP contribution >= 0.6 is 0 Å². The summed E-state index contributed by atoms with van der Waals surface area (Å²) in [4.78, 5) is 0. The van der Waals surface area contributed by atoms with Crippen LogP contribution in [-0.4, -0.2) is 0 Å². The summed E-state index contributed by atoms with van der Waals surface area (Å²) in [6.07, 6.45) is 0. The first-order chi connectivity index (χ1) is 18.3. The van der Waals surface area contributed by atoms with Crippen LogP contribution in [0.25, 0.3) is 76.5 Å². The molecule has 7 aromatic carbocycles. The van der Waals surface area contributed by atoms with Crippen molar-refractivity contribution in [3.63, 3.8) is 0 Å². The van der Waals surface area contributed by atoms with E-state index in [1.165, 1.54) is 49.2 Å². The summed E-state index contributed by atoms with van der Waals surface area (Å²) < 4.78 is 6.30. The van der Waals surface area contributed by atoms with E-state index in [9.17, 15) is 0 Å². The molecule has 1 nitrogen and oxygen atoms in total. The van der Waals surface area contributed by atoms with Gasteiger partial charge in [-0.25, -0.2) is 0 Å². The topological polar surface area (TPSA) is 13.1 Å². The van der Waals surface area contributed by atoms with Crippen molar-refractivity contribution in [2.24, 2.45) is 0 Å². The Kier molecular flexibility index (Phi) is 4.29. The third-order valence-electron chi connectivity index (χ3n) is 7.66. The summed E-state index contributed by atoms with van der Waals surface area (Å²) in [5, 5.41) is 9.81. The van der Waals surface area contributed by atoms with E-state index in [4.69, 9.17) is 4.42 Å². The van der Waals surface area contributed by atoms with Gasteiger partial charge in [0.05, 0.1) is 0 Å². The first-order valence-electron chi connectivity index (χ1n) is 12.7. The Morgan fingerprint density at radius 2 is 0.946 bits per heavy atom. The van der Waals surface area contributed by atoms with E-state index in [2.05, 4.69) is 121 Å². The summed E-state index contributed by atoms with van der Waals surface area (Å²) in [7, 11) is 0. The summed E-state index contributed by atoms with van der Waals surface area (Å²) in [6.45, 7) is 0. The lowest BCUT2D eigenvalue weighted by molar-refractivity contribution is 0.672. The molecule has 0 fully saturated rings. The number of hydrogen-bond acceptors (Lipinski definition) is 1. The highest BCUT2D eigenvalue weighted by Crippen LogP contribution is 2.40. The largest absolute Gasteiger partial charge is 0.455 e. The molecule has 0 aliphatic heterocycles. The van der Waals surface area contributed by atoms with Gasteiger partial charge in [0.15, 0.2) is 0 Å². The highest BCUT2D eigenvalue weighted by molar-refractivity contribution is 6.19. The minimum Gasteiger partial charge on any atom is -0.455 e. The molecule has 0 saturated carbocycles. The van der Waals surface area contributed by atoms with E-state index in [-0.39, 0.29) is 0 Å². The zero-order valence-electron chi connectivity index (χ0n) is 20.1. The fraction of sp³-hybridized carbons (Fsp3) is 0. The van der Waals surface area contributed by atoms with Crippen LogP contribution in [0.3, 0.4) is 0 Å². The number of para-hydroxylation sites is 1. The molecule has 1 heteroatoms. The van der Waals surface area contributed by atoms with E-state index in [0.717, 1.165) is 27.3 Å². The average Bonchev–Trinajstić information content (AvgIpc) is 3.35. The van der Waals surface area contributed by atoms with Crippen LogP contribution in [0.4, 0.5) is 0 Å². The summed E-state index contributed by atoms with van der Waals surface area (Å²) >= 11 is 0. The van der Waals surface area contributed by atoms with Crippen LogP contribution in [0.2, 0.25) is 0 Å². The standard InChI is InChI=1S/C36H22O/c1-2-8-28-24(7-1)17-18-25-19-20-27(21-32(25)28)23-13-15-26(16-14-23)33-22-34-30-10-5-6-12-35(30)37-36(34)31-11-4-3-9-29(31)33/h1-22H. The van der Waals surface area contributed by atoms with Crippen molar-refractivity contribution in [2.75, 3.05) is 0 Å². The van der Waals surface area contributed by atoms with Gasteiger partial charge in [-0.15, -0.1) is 0 Å². The fourth-order valence-corrected chi connectivity index (χ4v) is 5.81. The predicted octanol–water partition coefficient (Wildman–Crippen LogP) is 10.4. The van der Waals surface area contributed by atoms with E-state index in [1.807, 2.05) is 12.1 Å². The lowest BCUT2D eigenvalue weighted by atomic mass is 9.93. The zero-order valence-corrected chi connectivity index (χ0v) is 20.1. The SMILES string of the molecule is c1ccc2c(c1)ccc1ccc(-c3ccc(-c4cc5c6ccccc6oc5c5ccccc45)cc3)cc12. The molecule has 0 unspecified atom stereocenters. The number of benzene rings is 7. The summed E-state index contributed by atoms with van der Waals surface area (Å²) in [5.41, 5.74) is 6.78. The molecular weight excluding hydrogens is 448 g/mol. The number of fused-ring (bicyclic) bond motifs is 8. The predicted molar refractivity (Wildman–Crippen MR) is 157 cm³/mol. The Bertz CT molecular complexity index is 2130. The molecule has 1 aromatic heterocycles. The molecule has 0 spiro atoms. The Morgan fingerprint density at radius 3 is 1.78 bits per heavy atom. The molecule has 0 radical (unpaired) electrons. The van der Waals surface area contributed by atoms with E-state index in [1.54, 1.807) is 0 Å². The second kappa shape index (κ2) is 7.81. The molecule has 172 valence electrons. The third-order valence-corrected chi connectivity index (χ3v) is 7.66. The van der Waals surface area contributed by atoms with Gasteiger partial charge < -0.3 is 4.42 Å². The monoisotopic (exact) mass is 470 g/mol. The van der Waals surface area contributed by atoms with E-state index in [0.29, 0.717) is 0 Å². The molecule has 0 N–H and O–H groups in total. The first-order valence-corrected chi connectivity index (χ1v) is 12.7. The van der Waals surface area contributed by atoms with Crippen molar-refractivity contribution in [1.82, 2.24) is 0 Å². The van der Waals surface area contributed by atoms with Crippen LogP contribution in [0, 0.1) is 0 Å². The van der Waals surface area contributed by atoms with Gasteiger partial charge in [-0.3, -0.25) is 0 Å². The minimum atomic E-state index is 0.930. The van der Waals surface area contributed by atoms with Crippen LogP contribution < -0.4 is 0 Å². The smallest absolute Gasteiger partial charge is 0.143 e. The van der Waals surface area contributed by atoms with Crippen LogP contribution in [0.1, 0.15) is 0 Å². The van der Waals surface area contributed by atoms with Crippen molar-refractivity contribution in [2.45, 2.75) is 0 Å². The zero-order chi connectivity index (χ0) is 24.3. The van der Waals surface area contributed by atoms with Gasteiger partial charge >= 0.3 is 0 Å². The van der Waals surface area contributed by atoms with Crippen molar-refractivity contribution in [1.29, 1.82) is 0 Å². The second-order valence-corrected chi connectivity index (χ2v) is 9.74. The Hall–Kier alpha value is -4.88. The molecule has 0 saturated heterocycles. The minimum absolute atomic E-state index is 0.930. The molecule has 0 aliphatic carbocycles. The van der Waals surface area contributed by atoms with Crippen molar-refractivity contribution in [3.8, 4) is 22.3 Å². The number of hydrogen-bond donors (Lipinski definition) is 0. The quantitative estimate of drug-likeness (QED) is 0.229.